The Labute approximate surface area is 153 Å². The highest BCUT2D eigenvalue weighted by Crippen LogP contribution is 2.26. The number of rotatable bonds is 6. The van der Waals surface area contributed by atoms with Gasteiger partial charge in [-0.15, -0.1) is 11.3 Å². The minimum absolute atomic E-state index is 0.128. The molecule has 4 rings (SSSR count). The maximum Gasteiger partial charge on any atom is 0.0923 e. The first-order valence-corrected chi connectivity index (χ1v) is 9.73. The van der Waals surface area contributed by atoms with E-state index in [9.17, 15) is 0 Å². The van der Waals surface area contributed by atoms with Crippen LogP contribution in [-0.4, -0.2) is 54.4 Å². The predicted octanol–water partition coefficient (Wildman–Crippen LogP) is 2.21. The number of fused-ring (bicyclic) bond motifs is 1. The Morgan fingerprint density at radius 2 is 2.32 bits per heavy atom. The molecule has 3 atom stereocenters. The van der Waals surface area contributed by atoms with Crippen molar-refractivity contribution in [1.82, 2.24) is 15.2 Å². The summed E-state index contributed by atoms with van der Waals surface area (Å²) in [5.74, 6) is 0. The number of pyridine rings is 1. The molecular formula is C19H25N3O2S. The second-order valence-electron chi connectivity index (χ2n) is 6.73. The number of aryl methyl sites for hydroxylation is 1. The number of ether oxygens (including phenoxy) is 2. The van der Waals surface area contributed by atoms with Gasteiger partial charge in [-0.2, -0.15) is 0 Å². The fraction of sp³-hybridized carbons (Fsp3) is 0.526. The molecule has 0 aromatic carbocycles. The van der Waals surface area contributed by atoms with Crippen LogP contribution in [-0.2, 0) is 22.6 Å². The van der Waals surface area contributed by atoms with Crippen LogP contribution in [0.2, 0.25) is 0 Å². The molecule has 0 radical (unpaired) electrons. The van der Waals surface area contributed by atoms with E-state index in [1.165, 1.54) is 9.75 Å². The van der Waals surface area contributed by atoms with Crippen molar-refractivity contribution in [1.29, 1.82) is 0 Å². The zero-order valence-electron chi connectivity index (χ0n) is 14.6. The summed E-state index contributed by atoms with van der Waals surface area (Å²) < 4.78 is 12.0. The Morgan fingerprint density at radius 3 is 3.12 bits per heavy atom. The first-order valence-electron chi connectivity index (χ1n) is 8.91. The van der Waals surface area contributed by atoms with Gasteiger partial charge in [0, 0.05) is 41.6 Å². The molecule has 0 bridgehead atoms. The summed E-state index contributed by atoms with van der Waals surface area (Å²) in [6.45, 7) is 7.18. The van der Waals surface area contributed by atoms with Gasteiger partial charge in [-0.3, -0.25) is 9.88 Å². The fourth-order valence-electron chi connectivity index (χ4n) is 3.70. The normalized spacial score (nSPS) is 26.7. The van der Waals surface area contributed by atoms with Crippen LogP contribution in [0.5, 0.6) is 0 Å². The highest BCUT2D eigenvalue weighted by molar-refractivity contribution is 7.11. The number of hydrogen-bond acceptors (Lipinski definition) is 6. The first kappa shape index (κ1) is 17.1. The van der Waals surface area contributed by atoms with Crippen LogP contribution in [0.25, 0.3) is 0 Å². The maximum absolute atomic E-state index is 6.32. The van der Waals surface area contributed by atoms with Crippen LogP contribution < -0.4 is 5.32 Å². The Balaban J connectivity index is 1.41. The summed E-state index contributed by atoms with van der Waals surface area (Å²) >= 11 is 1.86. The van der Waals surface area contributed by atoms with E-state index in [-0.39, 0.29) is 6.10 Å². The highest BCUT2D eigenvalue weighted by atomic mass is 32.1. The molecule has 2 fully saturated rings. The number of nitrogens with one attached hydrogen (secondary N) is 1. The molecule has 6 heteroatoms. The molecule has 0 saturated carbocycles. The lowest BCUT2D eigenvalue weighted by atomic mass is 10.1. The van der Waals surface area contributed by atoms with Crippen molar-refractivity contribution in [2.24, 2.45) is 0 Å². The number of nitrogens with zero attached hydrogens (tertiary/aromatic N) is 2. The summed E-state index contributed by atoms with van der Waals surface area (Å²) in [4.78, 5) is 9.62. The molecule has 1 N–H and O–H groups in total. The number of morpholine rings is 1. The van der Waals surface area contributed by atoms with E-state index in [4.69, 9.17) is 9.47 Å². The van der Waals surface area contributed by atoms with Crippen LogP contribution in [0.1, 0.15) is 15.4 Å². The second-order valence-corrected chi connectivity index (χ2v) is 8.11. The smallest absolute Gasteiger partial charge is 0.0923 e. The van der Waals surface area contributed by atoms with Crippen LogP contribution >= 0.6 is 11.3 Å². The van der Waals surface area contributed by atoms with E-state index < -0.39 is 0 Å². The molecular weight excluding hydrogens is 334 g/mol. The third kappa shape index (κ3) is 4.10. The molecule has 25 heavy (non-hydrogen) atoms. The topological polar surface area (TPSA) is 46.6 Å². The molecule has 0 spiro atoms. The molecule has 3 unspecified atom stereocenters. The molecule has 134 valence electrons. The Hall–Kier alpha value is -1.31. The number of thiophene rings is 1. The summed E-state index contributed by atoms with van der Waals surface area (Å²) in [5, 5.41) is 3.72. The molecule has 0 aliphatic carbocycles. The summed E-state index contributed by atoms with van der Waals surface area (Å²) in [6, 6.07) is 11.0. The predicted molar refractivity (Wildman–Crippen MR) is 98.7 cm³/mol. The minimum atomic E-state index is 0.128. The minimum Gasteiger partial charge on any atom is -0.378 e. The van der Waals surface area contributed by atoms with Crippen LogP contribution in [0.4, 0.5) is 0 Å². The van der Waals surface area contributed by atoms with E-state index in [0.717, 1.165) is 38.5 Å². The van der Waals surface area contributed by atoms with Gasteiger partial charge in [0.2, 0.25) is 0 Å². The van der Waals surface area contributed by atoms with Crippen molar-refractivity contribution in [2.75, 3.05) is 26.3 Å². The van der Waals surface area contributed by atoms with Gasteiger partial charge >= 0.3 is 0 Å². The van der Waals surface area contributed by atoms with Gasteiger partial charge in [-0.1, -0.05) is 6.07 Å². The Morgan fingerprint density at radius 1 is 1.36 bits per heavy atom. The van der Waals surface area contributed by atoms with E-state index in [1.807, 2.05) is 35.7 Å². The van der Waals surface area contributed by atoms with Crippen molar-refractivity contribution in [3.8, 4) is 0 Å². The SMILES string of the molecule is Cc1ccc(CNC2CN3CCOCC3C2OCc2ccccn2)s1. The second kappa shape index (κ2) is 7.93. The molecule has 4 heterocycles. The molecule has 2 aromatic heterocycles. The van der Waals surface area contributed by atoms with Gasteiger partial charge in [0.05, 0.1) is 37.7 Å². The molecule has 2 aliphatic rings. The van der Waals surface area contributed by atoms with Crippen molar-refractivity contribution < 1.29 is 9.47 Å². The zero-order chi connectivity index (χ0) is 17.1. The third-order valence-corrected chi connectivity index (χ3v) is 5.97. The molecule has 5 nitrogen and oxygen atoms in total. The average molecular weight is 359 g/mol. The van der Waals surface area contributed by atoms with Crippen molar-refractivity contribution in [2.45, 2.75) is 38.3 Å². The summed E-state index contributed by atoms with van der Waals surface area (Å²) in [7, 11) is 0. The lowest BCUT2D eigenvalue weighted by molar-refractivity contribution is -0.0542. The monoisotopic (exact) mass is 359 g/mol. The maximum atomic E-state index is 6.32. The van der Waals surface area contributed by atoms with Gasteiger partial charge < -0.3 is 14.8 Å². The van der Waals surface area contributed by atoms with E-state index in [0.29, 0.717) is 18.7 Å². The fourth-order valence-corrected chi connectivity index (χ4v) is 4.54. The van der Waals surface area contributed by atoms with Gasteiger partial charge in [-0.25, -0.2) is 0 Å². The van der Waals surface area contributed by atoms with E-state index >= 15 is 0 Å². The van der Waals surface area contributed by atoms with Gasteiger partial charge in [0.1, 0.15) is 0 Å². The molecule has 0 amide bonds. The Kier molecular flexibility index (Phi) is 5.43. The van der Waals surface area contributed by atoms with E-state index in [2.05, 4.69) is 34.3 Å². The highest BCUT2D eigenvalue weighted by Gasteiger charge is 2.43. The van der Waals surface area contributed by atoms with Crippen molar-refractivity contribution in [3.63, 3.8) is 0 Å². The summed E-state index contributed by atoms with van der Waals surface area (Å²) in [5.41, 5.74) is 0.977. The van der Waals surface area contributed by atoms with Crippen molar-refractivity contribution >= 4 is 11.3 Å². The first-order chi connectivity index (χ1) is 12.3. The standard InChI is InChI=1S/C19H25N3O2S/c1-14-5-6-16(25-14)10-21-17-11-22-8-9-23-13-18(22)19(17)24-12-15-4-2-3-7-20-15/h2-7,17-19,21H,8-13H2,1H3. The molecule has 2 saturated heterocycles. The average Bonchev–Trinajstić information content (AvgIpc) is 3.22. The van der Waals surface area contributed by atoms with Crippen LogP contribution in [0.15, 0.2) is 36.5 Å². The van der Waals surface area contributed by atoms with Crippen LogP contribution in [0.3, 0.4) is 0 Å². The zero-order valence-corrected chi connectivity index (χ0v) is 15.4. The molecule has 2 aliphatic heterocycles. The quantitative estimate of drug-likeness (QED) is 0.857. The molecule has 2 aromatic rings. The van der Waals surface area contributed by atoms with E-state index in [1.54, 1.807) is 0 Å². The third-order valence-electron chi connectivity index (χ3n) is 4.97. The Bertz CT molecular complexity index is 678. The van der Waals surface area contributed by atoms with Gasteiger partial charge in [0.15, 0.2) is 0 Å². The van der Waals surface area contributed by atoms with Gasteiger partial charge in [-0.05, 0) is 31.2 Å². The number of hydrogen-bond donors (Lipinski definition) is 1. The summed E-state index contributed by atoms with van der Waals surface area (Å²) in [6.07, 6.45) is 1.95. The number of aromatic nitrogens is 1. The largest absolute Gasteiger partial charge is 0.378 e. The van der Waals surface area contributed by atoms with Crippen LogP contribution in [0, 0.1) is 6.92 Å². The van der Waals surface area contributed by atoms with Crippen molar-refractivity contribution in [3.05, 3.63) is 52.0 Å². The lowest BCUT2D eigenvalue weighted by Crippen LogP contribution is -2.47. The lowest BCUT2D eigenvalue weighted by Gasteiger charge is -2.32. The van der Waals surface area contributed by atoms with Gasteiger partial charge in [0.25, 0.3) is 0 Å².